The topological polar surface area (TPSA) is 72.4 Å². The third-order valence-electron chi connectivity index (χ3n) is 2.87. The third-order valence-corrected chi connectivity index (χ3v) is 2.87. The van der Waals surface area contributed by atoms with Crippen LogP contribution in [0.4, 0.5) is 10.1 Å². The first-order chi connectivity index (χ1) is 8.04. The Balaban J connectivity index is 2.12. The number of hydrogen-bond donors (Lipinski definition) is 1. The second-order valence-electron chi connectivity index (χ2n) is 4.36. The zero-order chi connectivity index (χ0) is 12.4. The van der Waals surface area contributed by atoms with E-state index in [2.05, 4.69) is 4.90 Å². The molecule has 0 saturated carbocycles. The monoisotopic (exact) mass is 239 g/mol. The van der Waals surface area contributed by atoms with E-state index >= 15 is 0 Å². The molecule has 92 valence electrons. The van der Waals surface area contributed by atoms with Crippen LogP contribution >= 0.6 is 0 Å². The largest absolute Gasteiger partial charge is 0.326 e. The van der Waals surface area contributed by atoms with Gasteiger partial charge in [0.15, 0.2) is 0 Å². The zero-order valence-electron chi connectivity index (χ0n) is 9.30. The molecular weight excluding hydrogens is 225 g/mol. The van der Waals surface area contributed by atoms with Crippen LogP contribution in [0, 0.1) is 15.9 Å². The van der Waals surface area contributed by atoms with Crippen molar-refractivity contribution < 1.29 is 9.31 Å². The molecule has 2 N–H and O–H groups in total. The number of nitrogens with zero attached hydrogens (tertiary/aromatic N) is 2. The lowest BCUT2D eigenvalue weighted by molar-refractivity contribution is -0.385. The quantitative estimate of drug-likeness (QED) is 0.636. The van der Waals surface area contributed by atoms with Crippen LogP contribution in [0.25, 0.3) is 0 Å². The van der Waals surface area contributed by atoms with Gasteiger partial charge in [0.05, 0.1) is 11.0 Å². The molecule has 1 heterocycles. The highest BCUT2D eigenvalue weighted by molar-refractivity contribution is 5.35. The van der Waals surface area contributed by atoms with Crippen LogP contribution < -0.4 is 5.73 Å². The lowest BCUT2D eigenvalue weighted by Gasteiger charge is -2.14. The van der Waals surface area contributed by atoms with Gasteiger partial charge in [-0.25, -0.2) is 4.39 Å². The molecule has 0 bridgehead atoms. The summed E-state index contributed by atoms with van der Waals surface area (Å²) in [5.74, 6) is -0.572. The maximum atomic E-state index is 13.2. The number of nitrogens with two attached hydrogens (primary N) is 1. The van der Waals surface area contributed by atoms with Crippen LogP contribution in [0.15, 0.2) is 18.2 Å². The van der Waals surface area contributed by atoms with E-state index < -0.39 is 10.7 Å². The molecule has 6 heteroatoms. The van der Waals surface area contributed by atoms with E-state index in [-0.39, 0.29) is 11.7 Å². The Labute approximate surface area is 98.2 Å². The Hall–Kier alpha value is -1.53. The summed E-state index contributed by atoms with van der Waals surface area (Å²) in [5.41, 5.74) is 6.17. The van der Waals surface area contributed by atoms with Crippen LogP contribution in [0.1, 0.15) is 12.0 Å². The van der Waals surface area contributed by atoms with Crippen LogP contribution in [-0.2, 0) is 6.54 Å². The van der Waals surface area contributed by atoms with Crippen molar-refractivity contribution in [1.29, 1.82) is 0 Å². The molecule has 2 rings (SSSR count). The predicted octanol–water partition coefficient (Wildman–Crippen LogP) is 1.27. The fourth-order valence-electron chi connectivity index (χ4n) is 2.09. The maximum Gasteiger partial charge on any atom is 0.272 e. The van der Waals surface area contributed by atoms with Gasteiger partial charge >= 0.3 is 0 Å². The van der Waals surface area contributed by atoms with Crippen LogP contribution in [0.3, 0.4) is 0 Å². The Kier molecular flexibility index (Phi) is 3.35. The van der Waals surface area contributed by atoms with Crippen molar-refractivity contribution in [3.63, 3.8) is 0 Å². The van der Waals surface area contributed by atoms with Crippen molar-refractivity contribution in [3.8, 4) is 0 Å². The number of benzene rings is 1. The first-order valence-electron chi connectivity index (χ1n) is 5.46. The van der Waals surface area contributed by atoms with Gasteiger partial charge in [-0.1, -0.05) is 0 Å². The summed E-state index contributed by atoms with van der Waals surface area (Å²) in [6.07, 6.45) is 0.914. The van der Waals surface area contributed by atoms with E-state index in [9.17, 15) is 14.5 Å². The molecule has 0 unspecified atom stereocenters. The fraction of sp³-hybridized carbons (Fsp3) is 0.455. The molecule has 0 spiro atoms. The minimum Gasteiger partial charge on any atom is -0.326 e. The second kappa shape index (κ2) is 4.77. The molecule has 1 fully saturated rings. The number of nitro benzene ring substituents is 1. The second-order valence-corrected chi connectivity index (χ2v) is 4.36. The maximum absolute atomic E-state index is 13.2. The van der Waals surface area contributed by atoms with Crippen molar-refractivity contribution in [2.45, 2.75) is 19.0 Å². The standard InChI is InChI=1S/C11H14FN3O2/c12-9-3-8(4-11(5-9)15(16)17)6-14-2-1-10(13)7-14/h3-5,10H,1-2,6-7,13H2/t10-/m0/s1. The van der Waals surface area contributed by atoms with Gasteiger partial charge in [-0.15, -0.1) is 0 Å². The Morgan fingerprint density at radius 3 is 2.88 bits per heavy atom. The van der Waals surface area contributed by atoms with E-state index in [1.54, 1.807) is 0 Å². The summed E-state index contributed by atoms with van der Waals surface area (Å²) in [6, 6.07) is 3.82. The molecule has 0 radical (unpaired) electrons. The number of non-ortho nitro benzene ring substituents is 1. The van der Waals surface area contributed by atoms with Gasteiger partial charge in [-0.2, -0.15) is 0 Å². The summed E-state index contributed by atoms with van der Waals surface area (Å²) in [7, 11) is 0. The highest BCUT2D eigenvalue weighted by Gasteiger charge is 2.20. The van der Waals surface area contributed by atoms with Crippen LogP contribution in [0.2, 0.25) is 0 Å². The number of hydrogen-bond acceptors (Lipinski definition) is 4. The number of nitro groups is 1. The molecule has 1 saturated heterocycles. The average molecular weight is 239 g/mol. The minimum atomic E-state index is -0.581. The zero-order valence-corrected chi connectivity index (χ0v) is 9.30. The van der Waals surface area contributed by atoms with Crippen molar-refractivity contribution >= 4 is 5.69 Å². The molecular formula is C11H14FN3O2. The Bertz CT molecular complexity index is 439. The molecule has 1 atom stereocenters. The summed E-state index contributed by atoms with van der Waals surface area (Å²) in [5, 5.41) is 10.6. The first-order valence-corrected chi connectivity index (χ1v) is 5.46. The molecule has 0 amide bonds. The molecule has 0 aromatic heterocycles. The van der Waals surface area contributed by atoms with Crippen molar-refractivity contribution in [2.75, 3.05) is 13.1 Å². The Morgan fingerprint density at radius 2 is 2.29 bits per heavy atom. The first kappa shape index (κ1) is 11.9. The summed E-state index contributed by atoms with van der Waals surface area (Å²) in [6.45, 7) is 2.11. The van der Waals surface area contributed by atoms with Crippen LogP contribution in [0.5, 0.6) is 0 Å². The average Bonchev–Trinajstić information content (AvgIpc) is 2.63. The smallest absolute Gasteiger partial charge is 0.272 e. The van der Waals surface area contributed by atoms with Crippen molar-refractivity contribution in [1.82, 2.24) is 4.90 Å². The third kappa shape index (κ3) is 2.98. The predicted molar refractivity (Wildman–Crippen MR) is 60.9 cm³/mol. The van der Waals surface area contributed by atoms with E-state index in [0.29, 0.717) is 12.1 Å². The molecule has 17 heavy (non-hydrogen) atoms. The van der Waals surface area contributed by atoms with Gasteiger partial charge in [-0.3, -0.25) is 15.0 Å². The van der Waals surface area contributed by atoms with Gasteiger partial charge < -0.3 is 5.73 Å². The van der Waals surface area contributed by atoms with Gasteiger partial charge in [0, 0.05) is 31.7 Å². The fourth-order valence-corrected chi connectivity index (χ4v) is 2.09. The van der Waals surface area contributed by atoms with Crippen molar-refractivity contribution in [3.05, 3.63) is 39.7 Å². The number of rotatable bonds is 3. The molecule has 1 aliphatic heterocycles. The number of likely N-dealkylation sites (tertiary alicyclic amines) is 1. The Morgan fingerprint density at radius 1 is 1.53 bits per heavy atom. The minimum absolute atomic E-state index is 0.151. The van der Waals surface area contributed by atoms with Gasteiger partial charge in [0.25, 0.3) is 5.69 Å². The van der Waals surface area contributed by atoms with Gasteiger partial charge in [0.1, 0.15) is 5.82 Å². The van der Waals surface area contributed by atoms with Gasteiger partial charge in [0.2, 0.25) is 0 Å². The summed E-state index contributed by atoms with van der Waals surface area (Å²) >= 11 is 0. The highest BCUT2D eigenvalue weighted by Crippen LogP contribution is 2.19. The number of halogens is 1. The molecule has 1 aliphatic rings. The lowest BCUT2D eigenvalue weighted by Crippen LogP contribution is -2.26. The molecule has 1 aromatic carbocycles. The summed E-state index contributed by atoms with van der Waals surface area (Å²) < 4.78 is 13.2. The molecule has 5 nitrogen and oxygen atoms in total. The highest BCUT2D eigenvalue weighted by atomic mass is 19.1. The van der Waals surface area contributed by atoms with E-state index in [1.165, 1.54) is 12.1 Å². The molecule has 1 aromatic rings. The van der Waals surface area contributed by atoms with Crippen molar-refractivity contribution in [2.24, 2.45) is 5.73 Å². The van der Waals surface area contributed by atoms with E-state index in [1.807, 2.05) is 0 Å². The SMILES string of the molecule is N[C@H]1CCN(Cc2cc(F)cc([N+](=O)[O-])c2)C1. The van der Waals surface area contributed by atoms with E-state index in [0.717, 1.165) is 25.6 Å². The van der Waals surface area contributed by atoms with E-state index in [4.69, 9.17) is 5.73 Å². The van der Waals surface area contributed by atoms with Crippen LogP contribution in [-0.4, -0.2) is 29.0 Å². The normalized spacial score (nSPS) is 20.7. The summed E-state index contributed by atoms with van der Waals surface area (Å²) in [4.78, 5) is 12.1. The lowest BCUT2D eigenvalue weighted by atomic mass is 10.2. The molecule has 0 aliphatic carbocycles. The van der Waals surface area contributed by atoms with Gasteiger partial charge in [-0.05, 0) is 18.1 Å².